The van der Waals surface area contributed by atoms with Crippen LogP contribution >= 0.6 is 34.3 Å². The van der Waals surface area contributed by atoms with Crippen molar-refractivity contribution in [2.75, 3.05) is 0 Å². The minimum Gasteiger partial charge on any atom is -0.277 e. The lowest BCUT2D eigenvalue weighted by Gasteiger charge is -2.05. The van der Waals surface area contributed by atoms with Crippen molar-refractivity contribution in [1.29, 1.82) is 0 Å². The number of nitrogens with one attached hydrogen (secondary N) is 2. The number of rotatable bonds is 5. The van der Waals surface area contributed by atoms with E-state index in [2.05, 4.69) is 10.4 Å². The van der Waals surface area contributed by atoms with E-state index in [4.69, 9.17) is 11.6 Å². The fourth-order valence-corrected chi connectivity index (χ4v) is 4.27. The van der Waals surface area contributed by atoms with Crippen LogP contribution in [0, 0.1) is 6.92 Å². The van der Waals surface area contributed by atoms with E-state index in [1.165, 1.54) is 23.5 Å². The normalized spacial score (nSPS) is 11.5. The van der Waals surface area contributed by atoms with E-state index < -0.39 is 15.9 Å². The highest BCUT2D eigenvalue weighted by Crippen LogP contribution is 2.24. The molecular weight excluding hydrogens is 342 g/mol. The number of thiazole rings is 1. The molecule has 2 N–H and O–H groups in total. The van der Waals surface area contributed by atoms with Crippen molar-refractivity contribution in [3.05, 3.63) is 32.6 Å². The van der Waals surface area contributed by atoms with Gasteiger partial charge in [0.25, 0.3) is 10.0 Å². The van der Waals surface area contributed by atoms with E-state index in [1.807, 2.05) is 11.8 Å². The molecule has 6 nitrogen and oxygen atoms in total. The van der Waals surface area contributed by atoms with Crippen molar-refractivity contribution in [2.45, 2.75) is 17.6 Å². The Hall–Kier alpha value is -1.000. The third-order valence-corrected chi connectivity index (χ3v) is 5.94. The minimum absolute atomic E-state index is 0.0120. The molecule has 0 atom stereocenters. The Balaban J connectivity index is 1.93. The maximum Gasteiger partial charge on any atom is 0.266 e. The van der Waals surface area contributed by atoms with E-state index in [9.17, 15) is 13.2 Å². The Bertz CT molecular complexity index is 723. The van der Waals surface area contributed by atoms with Crippen LogP contribution in [0.2, 0.25) is 4.34 Å². The molecule has 1 amide bonds. The number of halogens is 1. The first-order chi connectivity index (χ1) is 9.37. The van der Waals surface area contributed by atoms with Crippen LogP contribution in [0.25, 0.3) is 0 Å². The summed E-state index contributed by atoms with van der Waals surface area (Å²) in [6, 6.07) is 2.84. The molecule has 0 bridgehead atoms. The molecule has 0 aliphatic rings. The van der Waals surface area contributed by atoms with Crippen LogP contribution in [0.1, 0.15) is 10.7 Å². The SMILES string of the molecule is Cc1nc(CC(=O)NNS(=O)(=O)c2ccc(Cl)s2)cs1. The van der Waals surface area contributed by atoms with Crippen LogP contribution in [-0.2, 0) is 21.2 Å². The summed E-state index contributed by atoms with van der Waals surface area (Å²) in [5.74, 6) is -0.485. The number of sulfonamides is 1. The molecule has 2 aromatic rings. The summed E-state index contributed by atoms with van der Waals surface area (Å²) in [7, 11) is -3.79. The topological polar surface area (TPSA) is 88.2 Å². The summed E-state index contributed by atoms with van der Waals surface area (Å²) in [5.41, 5.74) is 2.74. The number of hydrogen-bond acceptors (Lipinski definition) is 6. The van der Waals surface area contributed by atoms with Gasteiger partial charge in [-0.25, -0.2) is 13.4 Å². The third-order valence-electron chi connectivity index (χ3n) is 2.15. The zero-order valence-electron chi connectivity index (χ0n) is 10.2. The maximum absolute atomic E-state index is 11.8. The van der Waals surface area contributed by atoms with Crippen molar-refractivity contribution in [3.8, 4) is 0 Å². The van der Waals surface area contributed by atoms with Gasteiger partial charge in [-0.2, -0.15) is 0 Å². The van der Waals surface area contributed by atoms with E-state index in [-0.39, 0.29) is 10.6 Å². The summed E-state index contributed by atoms with van der Waals surface area (Å²) in [5, 5.41) is 2.60. The van der Waals surface area contributed by atoms with Gasteiger partial charge in [0.05, 0.1) is 21.5 Å². The highest BCUT2D eigenvalue weighted by atomic mass is 35.5. The van der Waals surface area contributed by atoms with Crippen LogP contribution in [-0.4, -0.2) is 19.3 Å². The summed E-state index contributed by atoms with van der Waals surface area (Å²) in [6.07, 6.45) is 0.0120. The zero-order valence-corrected chi connectivity index (χ0v) is 13.4. The van der Waals surface area contributed by atoms with Crippen LogP contribution < -0.4 is 10.3 Å². The molecule has 0 fully saturated rings. The van der Waals surface area contributed by atoms with Crippen molar-refractivity contribution in [3.63, 3.8) is 0 Å². The summed E-state index contributed by atoms with van der Waals surface area (Å²) < 4.78 is 24.0. The summed E-state index contributed by atoms with van der Waals surface area (Å²) >= 11 is 8.00. The van der Waals surface area contributed by atoms with Crippen LogP contribution in [0.4, 0.5) is 0 Å². The molecule has 0 spiro atoms. The Kier molecular flexibility index (Phi) is 4.76. The quantitative estimate of drug-likeness (QED) is 0.803. The van der Waals surface area contributed by atoms with E-state index in [0.717, 1.165) is 16.3 Å². The van der Waals surface area contributed by atoms with E-state index in [1.54, 1.807) is 5.38 Å². The second kappa shape index (κ2) is 6.19. The monoisotopic (exact) mass is 351 g/mol. The standard InChI is InChI=1S/C10H10ClN3O3S3/c1-6-12-7(5-18-6)4-9(15)13-14-20(16,17)10-3-2-8(11)19-10/h2-3,5,14H,4H2,1H3,(H,13,15). The van der Waals surface area contributed by atoms with Gasteiger partial charge in [-0.05, 0) is 19.1 Å². The second-order valence-electron chi connectivity index (χ2n) is 3.75. The van der Waals surface area contributed by atoms with Gasteiger partial charge in [0.2, 0.25) is 5.91 Å². The lowest BCUT2D eigenvalue weighted by atomic mass is 10.3. The number of hydrazine groups is 1. The fraction of sp³-hybridized carbons (Fsp3) is 0.200. The number of aromatic nitrogens is 1. The van der Waals surface area contributed by atoms with Crippen molar-refractivity contribution >= 4 is 50.2 Å². The first kappa shape index (κ1) is 15.4. The predicted molar refractivity (Wildman–Crippen MR) is 78.3 cm³/mol. The molecule has 0 aliphatic carbocycles. The van der Waals surface area contributed by atoms with Crippen molar-refractivity contribution < 1.29 is 13.2 Å². The lowest BCUT2D eigenvalue weighted by Crippen LogP contribution is -2.42. The molecular formula is C10H10ClN3O3S3. The predicted octanol–water partition coefficient (Wildman–Crippen LogP) is 1.72. The lowest BCUT2D eigenvalue weighted by molar-refractivity contribution is -0.120. The zero-order chi connectivity index (χ0) is 14.8. The average Bonchev–Trinajstić information content (AvgIpc) is 2.96. The highest BCUT2D eigenvalue weighted by molar-refractivity contribution is 7.91. The number of aryl methyl sites for hydroxylation is 1. The number of carbonyl (C=O) groups excluding carboxylic acids is 1. The average molecular weight is 352 g/mol. The summed E-state index contributed by atoms with van der Waals surface area (Å²) in [6.45, 7) is 1.83. The third kappa shape index (κ3) is 4.00. The van der Waals surface area contributed by atoms with Crippen LogP contribution in [0.5, 0.6) is 0 Å². The van der Waals surface area contributed by atoms with E-state index in [0.29, 0.717) is 10.0 Å². The van der Waals surface area contributed by atoms with Crippen molar-refractivity contribution in [2.24, 2.45) is 0 Å². The van der Waals surface area contributed by atoms with Gasteiger partial charge >= 0.3 is 0 Å². The molecule has 108 valence electrons. The number of nitrogens with zero attached hydrogens (tertiary/aromatic N) is 1. The molecule has 10 heteroatoms. The Morgan fingerprint density at radius 1 is 1.45 bits per heavy atom. The molecule has 0 aliphatic heterocycles. The number of hydrogen-bond donors (Lipinski definition) is 2. The van der Waals surface area contributed by atoms with Gasteiger partial charge in [0.15, 0.2) is 0 Å². The molecule has 0 unspecified atom stereocenters. The molecule has 2 rings (SSSR count). The first-order valence-corrected chi connectivity index (χ1v) is 8.89. The van der Waals surface area contributed by atoms with Crippen LogP contribution in [0.15, 0.2) is 21.7 Å². The minimum atomic E-state index is -3.79. The fourth-order valence-electron chi connectivity index (χ4n) is 1.31. The Morgan fingerprint density at radius 3 is 2.75 bits per heavy atom. The Labute approximate surface area is 128 Å². The molecule has 2 aromatic heterocycles. The van der Waals surface area contributed by atoms with Gasteiger partial charge in [0, 0.05) is 5.38 Å². The molecule has 0 aromatic carbocycles. The van der Waals surface area contributed by atoms with Gasteiger partial charge in [-0.1, -0.05) is 11.6 Å². The highest BCUT2D eigenvalue weighted by Gasteiger charge is 2.17. The molecule has 0 saturated heterocycles. The van der Waals surface area contributed by atoms with Gasteiger partial charge < -0.3 is 0 Å². The van der Waals surface area contributed by atoms with Crippen LogP contribution in [0.3, 0.4) is 0 Å². The largest absolute Gasteiger partial charge is 0.277 e. The van der Waals surface area contributed by atoms with Gasteiger partial charge in [0.1, 0.15) is 4.21 Å². The first-order valence-electron chi connectivity index (χ1n) is 5.34. The molecule has 0 saturated carbocycles. The number of carbonyl (C=O) groups is 1. The van der Waals surface area contributed by atoms with Gasteiger partial charge in [-0.3, -0.25) is 10.2 Å². The number of thiophene rings is 1. The molecule has 20 heavy (non-hydrogen) atoms. The Morgan fingerprint density at radius 2 is 2.20 bits per heavy atom. The molecule has 2 heterocycles. The summed E-state index contributed by atoms with van der Waals surface area (Å²) in [4.78, 5) is 17.7. The molecule has 0 radical (unpaired) electrons. The van der Waals surface area contributed by atoms with E-state index >= 15 is 0 Å². The van der Waals surface area contributed by atoms with Crippen molar-refractivity contribution in [1.82, 2.24) is 15.2 Å². The maximum atomic E-state index is 11.8. The smallest absolute Gasteiger partial charge is 0.266 e. The van der Waals surface area contributed by atoms with Gasteiger partial charge in [-0.15, -0.1) is 27.5 Å². The number of amides is 1. The second-order valence-corrected chi connectivity index (χ2v) is 8.43.